The summed E-state index contributed by atoms with van der Waals surface area (Å²) in [5.74, 6) is 0.0146. The second kappa shape index (κ2) is 5.57. The van der Waals surface area contributed by atoms with Crippen molar-refractivity contribution in [2.75, 3.05) is 20.1 Å². The molecule has 104 valence electrons. The van der Waals surface area contributed by atoms with Gasteiger partial charge in [-0.2, -0.15) is 0 Å². The van der Waals surface area contributed by atoms with Gasteiger partial charge in [-0.15, -0.1) is 0 Å². The minimum atomic E-state index is -0.134. The number of carbonyl (C=O) groups excluding carboxylic acids is 1. The molecule has 1 aliphatic heterocycles. The fraction of sp³-hybridized carbons (Fsp3) is 0.571. The molecule has 0 N–H and O–H groups in total. The largest absolute Gasteiger partial charge is 0.336 e. The third-order valence-electron chi connectivity index (χ3n) is 4.10. The van der Waals surface area contributed by atoms with Crippen molar-refractivity contribution in [1.82, 2.24) is 14.4 Å². The van der Waals surface area contributed by atoms with Crippen molar-refractivity contribution in [3.63, 3.8) is 0 Å². The summed E-state index contributed by atoms with van der Waals surface area (Å²) in [7, 11) is 2.07. The summed E-state index contributed by atoms with van der Waals surface area (Å²) in [5, 5.41) is 0. The predicted molar refractivity (Wildman–Crippen MR) is 74.0 cm³/mol. The summed E-state index contributed by atoms with van der Waals surface area (Å²) < 4.78 is 1.46. The number of aromatic nitrogens is 1. The van der Waals surface area contributed by atoms with Crippen LogP contribution in [0.25, 0.3) is 0 Å². The molecule has 1 aromatic heterocycles. The summed E-state index contributed by atoms with van der Waals surface area (Å²) in [5.41, 5.74) is -0.134. The molecule has 1 amide bonds. The summed E-state index contributed by atoms with van der Waals surface area (Å²) in [6.45, 7) is 5.91. The molecule has 5 heteroatoms. The van der Waals surface area contributed by atoms with Crippen molar-refractivity contribution in [1.29, 1.82) is 0 Å². The number of likely N-dealkylation sites (N-methyl/N-ethyl adjacent to an activating group) is 1. The van der Waals surface area contributed by atoms with Gasteiger partial charge in [0.05, 0.1) is 0 Å². The lowest BCUT2D eigenvalue weighted by Gasteiger charge is -2.43. The molecule has 1 aliphatic rings. The molecule has 2 unspecified atom stereocenters. The highest BCUT2D eigenvalue weighted by molar-refractivity contribution is 5.76. The Bertz CT molecular complexity index is 511. The molecule has 0 spiro atoms. The number of carbonyl (C=O) groups is 1. The Labute approximate surface area is 113 Å². The minimum Gasteiger partial charge on any atom is -0.336 e. The van der Waals surface area contributed by atoms with Crippen molar-refractivity contribution in [2.24, 2.45) is 0 Å². The van der Waals surface area contributed by atoms with E-state index >= 15 is 0 Å². The predicted octanol–water partition coefficient (Wildman–Crippen LogP) is 0.399. The van der Waals surface area contributed by atoms with Gasteiger partial charge in [-0.25, -0.2) is 0 Å². The standard InChI is InChI=1S/C14H21N3O2/c1-11-12(2)17(9-8-15(11)3)14(19)10-16-7-5-4-6-13(16)18/h4-7,11-12H,8-10H2,1-3H3. The van der Waals surface area contributed by atoms with Gasteiger partial charge in [-0.3, -0.25) is 14.5 Å². The number of amides is 1. The van der Waals surface area contributed by atoms with Crippen molar-refractivity contribution in [3.05, 3.63) is 34.7 Å². The van der Waals surface area contributed by atoms with Gasteiger partial charge in [0.25, 0.3) is 5.56 Å². The van der Waals surface area contributed by atoms with Crippen LogP contribution in [0.5, 0.6) is 0 Å². The van der Waals surface area contributed by atoms with Crippen LogP contribution in [-0.4, -0.2) is 52.5 Å². The van der Waals surface area contributed by atoms with E-state index < -0.39 is 0 Å². The highest BCUT2D eigenvalue weighted by atomic mass is 16.2. The van der Waals surface area contributed by atoms with Gasteiger partial charge in [-0.1, -0.05) is 6.07 Å². The van der Waals surface area contributed by atoms with Crippen LogP contribution >= 0.6 is 0 Å². The molecule has 2 heterocycles. The second-order valence-electron chi connectivity index (χ2n) is 5.22. The van der Waals surface area contributed by atoms with Crippen LogP contribution in [0, 0.1) is 0 Å². The van der Waals surface area contributed by atoms with Crippen LogP contribution in [-0.2, 0) is 11.3 Å². The Morgan fingerprint density at radius 3 is 2.68 bits per heavy atom. The fourth-order valence-electron chi connectivity index (χ4n) is 2.48. The molecule has 2 rings (SSSR count). The molecule has 1 aromatic rings. The smallest absolute Gasteiger partial charge is 0.250 e. The van der Waals surface area contributed by atoms with E-state index in [-0.39, 0.29) is 24.1 Å². The van der Waals surface area contributed by atoms with Crippen LogP contribution < -0.4 is 5.56 Å². The van der Waals surface area contributed by atoms with E-state index in [1.54, 1.807) is 18.3 Å². The van der Waals surface area contributed by atoms with E-state index in [1.165, 1.54) is 10.6 Å². The van der Waals surface area contributed by atoms with Gasteiger partial charge >= 0.3 is 0 Å². The molecule has 1 saturated heterocycles. The van der Waals surface area contributed by atoms with Crippen molar-refractivity contribution in [2.45, 2.75) is 32.5 Å². The van der Waals surface area contributed by atoms with Crippen LogP contribution in [0.2, 0.25) is 0 Å². The SMILES string of the molecule is CC1C(C)N(C(=O)Cn2ccccc2=O)CCN1C. The average Bonchev–Trinajstić information content (AvgIpc) is 2.39. The van der Waals surface area contributed by atoms with Gasteiger partial charge in [0.15, 0.2) is 0 Å². The van der Waals surface area contributed by atoms with Crippen molar-refractivity contribution >= 4 is 5.91 Å². The van der Waals surface area contributed by atoms with Crippen molar-refractivity contribution < 1.29 is 4.79 Å². The number of nitrogens with zero attached hydrogens (tertiary/aromatic N) is 3. The maximum atomic E-state index is 12.3. The lowest BCUT2D eigenvalue weighted by molar-refractivity contribution is -0.137. The molecular formula is C14H21N3O2. The Balaban J connectivity index is 2.09. The number of pyridine rings is 1. The quantitative estimate of drug-likeness (QED) is 0.776. The van der Waals surface area contributed by atoms with Gasteiger partial charge in [0.1, 0.15) is 6.54 Å². The highest BCUT2D eigenvalue weighted by Gasteiger charge is 2.31. The van der Waals surface area contributed by atoms with E-state index in [0.717, 1.165) is 13.1 Å². The van der Waals surface area contributed by atoms with Crippen LogP contribution in [0.4, 0.5) is 0 Å². The lowest BCUT2D eigenvalue weighted by Crippen LogP contribution is -2.58. The van der Waals surface area contributed by atoms with Crippen LogP contribution in [0.15, 0.2) is 29.2 Å². The highest BCUT2D eigenvalue weighted by Crippen LogP contribution is 2.15. The Kier molecular flexibility index (Phi) is 4.04. The first kappa shape index (κ1) is 13.8. The van der Waals surface area contributed by atoms with Crippen molar-refractivity contribution in [3.8, 4) is 0 Å². The van der Waals surface area contributed by atoms with E-state index in [2.05, 4.69) is 25.8 Å². The minimum absolute atomic E-state index is 0.0146. The summed E-state index contributed by atoms with van der Waals surface area (Å²) >= 11 is 0. The zero-order chi connectivity index (χ0) is 14.0. The molecule has 1 fully saturated rings. The Morgan fingerprint density at radius 1 is 1.26 bits per heavy atom. The molecule has 0 saturated carbocycles. The Morgan fingerprint density at radius 2 is 2.00 bits per heavy atom. The first-order chi connectivity index (χ1) is 9.00. The van der Waals surface area contributed by atoms with Crippen LogP contribution in [0.3, 0.4) is 0 Å². The Hall–Kier alpha value is -1.62. The van der Waals surface area contributed by atoms with Gasteiger partial charge in [0, 0.05) is 37.4 Å². The maximum Gasteiger partial charge on any atom is 0.250 e. The molecule has 0 aromatic carbocycles. The zero-order valence-corrected chi connectivity index (χ0v) is 11.7. The fourth-order valence-corrected chi connectivity index (χ4v) is 2.48. The van der Waals surface area contributed by atoms with E-state index in [4.69, 9.17) is 0 Å². The summed E-state index contributed by atoms with van der Waals surface area (Å²) in [6.07, 6.45) is 1.66. The van der Waals surface area contributed by atoms with Gasteiger partial charge < -0.3 is 9.47 Å². The number of hydrogen-bond acceptors (Lipinski definition) is 3. The molecule has 2 atom stereocenters. The van der Waals surface area contributed by atoms with E-state index in [9.17, 15) is 9.59 Å². The third-order valence-corrected chi connectivity index (χ3v) is 4.10. The molecule has 0 aliphatic carbocycles. The average molecular weight is 263 g/mol. The normalized spacial score (nSPS) is 24.5. The summed E-state index contributed by atoms with van der Waals surface area (Å²) in [6, 6.07) is 5.44. The molecule has 0 radical (unpaired) electrons. The first-order valence-corrected chi connectivity index (χ1v) is 6.66. The second-order valence-corrected chi connectivity index (χ2v) is 5.22. The first-order valence-electron chi connectivity index (χ1n) is 6.66. The third kappa shape index (κ3) is 2.87. The number of rotatable bonds is 2. The topological polar surface area (TPSA) is 45.6 Å². The zero-order valence-electron chi connectivity index (χ0n) is 11.7. The number of piperazine rings is 1. The van der Waals surface area contributed by atoms with Gasteiger partial charge in [-0.05, 0) is 27.0 Å². The number of hydrogen-bond donors (Lipinski definition) is 0. The van der Waals surface area contributed by atoms with E-state index in [0.29, 0.717) is 6.04 Å². The monoisotopic (exact) mass is 263 g/mol. The lowest BCUT2D eigenvalue weighted by atomic mass is 10.1. The molecule has 5 nitrogen and oxygen atoms in total. The van der Waals surface area contributed by atoms with Gasteiger partial charge in [0.2, 0.25) is 5.91 Å². The molecule has 0 bridgehead atoms. The molecule has 19 heavy (non-hydrogen) atoms. The summed E-state index contributed by atoms with van der Waals surface area (Å²) in [4.78, 5) is 28.1. The van der Waals surface area contributed by atoms with E-state index in [1.807, 2.05) is 4.90 Å². The van der Waals surface area contributed by atoms with Crippen LogP contribution in [0.1, 0.15) is 13.8 Å². The molecular weight excluding hydrogens is 242 g/mol. The maximum absolute atomic E-state index is 12.3.